The number of hydrogen-bond donors (Lipinski definition) is 0. The van der Waals surface area contributed by atoms with Crippen LogP contribution in [0.2, 0.25) is 0 Å². The number of allylic oxidation sites excluding steroid dienone is 1. The maximum Gasteiger partial charge on any atom is 0.0434 e. The van der Waals surface area contributed by atoms with Gasteiger partial charge < -0.3 is 0 Å². The van der Waals surface area contributed by atoms with Crippen molar-refractivity contribution in [2.75, 3.05) is 0 Å². The summed E-state index contributed by atoms with van der Waals surface area (Å²) < 4.78 is 2.73. The lowest BCUT2D eigenvalue weighted by Gasteiger charge is -2.14. The summed E-state index contributed by atoms with van der Waals surface area (Å²) in [6, 6.07) is 45.0. The molecule has 0 aliphatic heterocycles. The van der Waals surface area contributed by atoms with Gasteiger partial charge >= 0.3 is 0 Å². The van der Waals surface area contributed by atoms with Crippen molar-refractivity contribution in [2.45, 2.75) is 20.3 Å². The third kappa shape index (κ3) is 3.89. The number of rotatable bonds is 4. The molecule has 7 aromatic carbocycles. The predicted molar refractivity (Wildman–Crippen MR) is 187 cm³/mol. The fraction of sp³-hybridized carbons (Fsp3) is 0.0732. The molecule has 200 valence electrons. The summed E-state index contributed by atoms with van der Waals surface area (Å²) in [5, 5.41) is 10.6. The molecular weight excluding hydrogens is 525 g/mol. The van der Waals surface area contributed by atoms with Crippen molar-refractivity contribution in [2.24, 2.45) is 0 Å². The molecule has 0 fully saturated rings. The quantitative estimate of drug-likeness (QED) is 0.190. The molecule has 0 aliphatic rings. The van der Waals surface area contributed by atoms with Crippen LogP contribution >= 0.6 is 11.3 Å². The van der Waals surface area contributed by atoms with Gasteiger partial charge in [-0.15, -0.1) is 11.3 Å². The molecular formula is C41H30S. The van der Waals surface area contributed by atoms with Crippen molar-refractivity contribution in [3.63, 3.8) is 0 Å². The lowest BCUT2D eigenvalue weighted by molar-refractivity contribution is 1.23. The highest BCUT2D eigenvalue weighted by atomic mass is 32.1. The molecule has 8 rings (SSSR count). The van der Waals surface area contributed by atoms with Crippen molar-refractivity contribution in [3.05, 3.63) is 139 Å². The summed E-state index contributed by atoms with van der Waals surface area (Å²) in [4.78, 5) is 0. The minimum absolute atomic E-state index is 1.04. The zero-order valence-electron chi connectivity index (χ0n) is 23.8. The van der Waals surface area contributed by atoms with Crippen LogP contribution in [0.3, 0.4) is 0 Å². The molecule has 1 heteroatoms. The molecule has 1 heterocycles. The summed E-state index contributed by atoms with van der Waals surface area (Å²) >= 11 is 1.92. The summed E-state index contributed by atoms with van der Waals surface area (Å²) in [7, 11) is 0. The van der Waals surface area contributed by atoms with E-state index in [4.69, 9.17) is 0 Å². The van der Waals surface area contributed by atoms with Crippen LogP contribution < -0.4 is 0 Å². The van der Waals surface area contributed by atoms with Gasteiger partial charge in [0.15, 0.2) is 0 Å². The highest BCUT2D eigenvalue weighted by Gasteiger charge is 2.14. The highest BCUT2D eigenvalue weighted by Crippen LogP contribution is 2.43. The Labute approximate surface area is 250 Å². The van der Waals surface area contributed by atoms with Gasteiger partial charge in [0.1, 0.15) is 0 Å². The summed E-state index contributed by atoms with van der Waals surface area (Å²) in [5.74, 6) is 0. The first-order valence-corrected chi connectivity index (χ1v) is 15.6. The highest BCUT2D eigenvalue weighted by molar-refractivity contribution is 7.27. The third-order valence-corrected chi connectivity index (χ3v) is 10.1. The number of thiophene rings is 1. The molecule has 0 amide bonds. The van der Waals surface area contributed by atoms with E-state index >= 15 is 0 Å². The average Bonchev–Trinajstić information content (AvgIpc) is 3.44. The Morgan fingerprint density at radius 2 is 1.19 bits per heavy atom. The molecule has 0 saturated heterocycles. The predicted octanol–water partition coefficient (Wildman–Crippen LogP) is 12.6. The summed E-state index contributed by atoms with van der Waals surface area (Å²) in [5.41, 5.74) is 7.74. The molecule has 0 aliphatic carbocycles. The summed E-state index contributed by atoms with van der Waals surface area (Å²) in [6.45, 7) is 4.45. The lowest BCUT2D eigenvalue weighted by Crippen LogP contribution is -1.90. The van der Waals surface area contributed by atoms with E-state index in [1.807, 2.05) is 11.3 Å². The first kappa shape index (κ1) is 25.0. The van der Waals surface area contributed by atoms with E-state index in [1.165, 1.54) is 85.9 Å². The molecule has 0 radical (unpaired) electrons. The van der Waals surface area contributed by atoms with Crippen molar-refractivity contribution < 1.29 is 0 Å². The number of hydrogen-bond acceptors (Lipinski definition) is 1. The SMILES string of the molecule is CC/C=C\c1c(C)c2ccc(-c3ccc(-c4cccc5c4sc4c6ccccc6ccc54)cc3)cc2c2ccccc12. The van der Waals surface area contributed by atoms with Gasteiger partial charge in [0.25, 0.3) is 0 Å². The molecule has 0 nitrogen and oxygen atoms in total. The minimum Gasteiger partial charge on any atom is -0.134 e. The maximum atomic E-state index is 2.38. The van der Waals surface area contributed by atoms with Gasteiger partial charge in [-0.1, -0.05) is 134 Å². The van der Waals surface area contributed by atoms with Crippen LogP contribution in [-0.4, -0.2) is 0 Å². The fourth-order valence-electron chi connectivity index (χ4n) is 6.62. The Balaban J connectivity index is 1.24. The fourth-order valence-corrected chi connectivity index (χ4v) is 7.99. The normalized spacial score (nSPS) is 12.0. The average molecular weight is 555 g/mol. The van der Waals surface area contributed by atoms with Crippen LogP contribution in [0.25, 0.3) is 80.8 Å². The summed E-state index contributed by atoms with van der Waals surface area (Å²) in [6.07, 6.45) is 5.59. The van der Waals surface area contributed by atoms with E-state index in [2.05, 4.69) is 147 Å². The molecule has 0 saturated carbocycles. The zero-order chi connectivity index (χ0) is 28.2. The van der Waals surface area contributed by atoms with Crippen LogP contribution in [0, 0.1) is 6.92 Å². The van der Waals surface area contributed by atoms with E-state index in [9.17, 15) is 0 Å². The third-order valence-electron chi connectivity index (χ3n) is 8.77. The van der Waals surface area contributed by atoms with Gasteiger partial charge in [-0.3, -0.25) is 0 Å². The van der Waals surface area contributed by atoms with Gasteiger partial charge in [0.05, 0.1) is 0 Å². The molecule has 1 aromatic heterocycles. The van der Waals surface area contributed by atoms with Crippen molar-refractivity contribution in [1.29, 1.82) is 0 Å². The van der Waals surface area contributed by atoms with Crippen LogP contribution in [0.4, 0.5) is 0 Å². The molecule has 0 spiro atoms. The zero-order valence-corrected chi connectivity index (χ0v) is 24.6. The first-order chi connectivity index (χ1) is 20.7. The van der Waals surface area contributed by atoms with E-state index in [-0.39, 0.29) is 0 Å². The smallest absolute Gasteiger partial charge is 0.0434 e. The molecule has 42 heavy (non-hydrogen) atoms. The Hall–Kier alpha value is -4.72. The van der Waals surface area contributed by atoms with Gasteiger partial charge in [0.2, 0.25) is 0 Å². The number of benzene rings is 7. The second-order valence-electron chi connectivity index (χ2n) is 11.2. The second kappa shape index (κ2) is 9.98. The largest absolute Gasteiger partial charge is 0.134 e. The molecule has 0 bridgehead atoms. The topological polar surface area (TPSA) is 0 Å². The molecule has 0 atom stereocenters. The van der Waals surface area contributed by atoms with Crippen LogP contribution in [0.1, 0.15) is 24.5 Å². The number of aryl methyl sites for hydroxylation is 1. The van der Waals surface area contributed by atoms with E-state index in [1.54, 1.807) is 0 Å². The molecule has 0 unspecified atom stereocenters. The van der Waals surface area contributed by atoms with E-state index in [0.29, 0.717) is 0 Å². The van der Waals surface area contributed by atoms with E-state index in [0.717, 1.165) is 6.42 Å². The number of fused-ring (bicyclic) bond motifs is 8. The van der Waals surface area contributed by atoms with Crippen LogP contribution in [-0.2, 0) is 0 Å². The van der Waals surface area contributed by atoms with Gasteiger partial charge in [-0.2, -0.15) is 0 Å². The van der Waals surface area contributed by atoms with E-state index < -0.39 is 0 Å². The van der Waals surface area contributed by atoms with Crippen molar-refractivity contribution in [1.82, 2.24) is 0 Å². The van der Waals surface area contributed by atoms with Gasteiger partial charge in [-0.05, 0) is 85.1 Å². The van der Waals surface area contributed by atoms with Crippen molar-refractivity contribution >= 4 is 69.9 Å². The Kier molecular flexibility index (Phi) is 5.94. The molecule has 8 aromatic rings. The standard InChI is InChI=1S/C41H30S/c1-3-4-11-31-26(2)32-23-22-30(25-39(32)36-14-8-7-13-35(31)36)27-17-19-29(20-18-27)34-15-9-16-37-38-24-21-28-10-5-6-12-33(28)41(38)42-40(34)37/h4-25H,3H2,1-2H3/b11-4-. The first-order valence-electron chi connectivity index (χ1n) is 14.8. The Bertz CT molecular complexity index is 2330. The monoisotopic (exact) mass is 554 g/mol. The maximum absolute atomic E-state index is 2.38. The van der Waals surface area contributed by atoms with Crippen LogP contribution in [0.5, 0.6) is 0 Å². The molecule has 0 N–H and O–H groups in total. The lowest BCUT2D eigenvalue weighted by atomic mass is 9.90. The second-order valence-corrected chi connectivity index (χ2v) is 12.2. The van der Waals surface area contributed by atoms with Crippen LogP contribution in [0.15, 0.2) is 127 Å². The van der Waals surface area contributed by atoms with Gasteiger partial charge in [-0.25, -0.2) is 0 Å². The minimum atomic E-state index is 1.04. The van der Waals surface area contributed by atoms with Crippen molar-refractivity contribution in [3.8, 4) is 22.3 Å². The van der Waals surface area contributed by atoms with Gasteiger partial charge in [0, 0.05) is 20.2 Å². The Morgan fingerprint density at radius 3 is 2.02 bits per heavy atom. The Morgan fingerprint density at radius 1 is 0.524 bits per heavy atom.